The second kappa shape index (κ2) is 5.53. The first-order valence-corrected chi connectivity index (χ1v) is 4.85. The van der Waals surface area contributed by atoms with E-state index in [0.717, 1.165) is 0 Å². The zero-order valence-electron chi connectivity index (χ0n) is 9.46. The van der Waals surface area contributed by atoms with Gasteiger partial charge in [-0.3, -0.25) is 0 Å². The summed E-state index contributed by atoms with van der Waals surface area (Å²) in [5.74, 6) is 1.10. The minimum atomic E-state index is -2.42. The van der Waals surface area contributed by atoms with Gasteiger partial charge < -0.3 is 14.8 Å². The molecule has 1 unspecified atom stereocenters. The first kappa shape index (κ1) is 12.5. The van der Waals surface area contributed by atoms with Crippen LogP contribution in [0.25, 0.3) is 0 Å². The van der Waals surface area contributed by atoms with Crippen molar-refractivity contribution in [3.8, 4) is 11.5 Å². The molecule has 0 saturated heterocycles. The Balaban J connectivity index is 2.87. The summed E-state index contributed by atoms with van der Waals surface area (Å²) in [6.45, 7) is 1.41. The molecule has 0 radical (unpaired) electrons. The molecule has 0 amide bonds. The molecule has 0 heterocycles. The molecule has 90 valence electrons. The summed E-state index contributed by atoms with van der Waals surface area (Å²) in [6.07, 6.45) is -2.42. The predicted octanol–water partition coefficient (Wildman–Crippen LogP) is 2.77. The predicted molar refractivity (Wildman–Crippen MR) is 58.6 cm³/mol. The Labute approximate surface area is 93.4 Å². The lowest BCUT2D eigenvalue weighted by Crippen LogP contribution is -2.23. The van der Waals surface area contributed by atoms with Crippen LogP contribution in [0.4, 0.5) is 14.5 Å². The summed E-state index contributed by atoms with van der Waals surface area (Å²) in [4.78, 5) is 0. The van der Waals surface area contributed by atoms with E-state index in [1.807, 2.05) is 0 Å². The molecule has 3 nitrogen and oxygen atoms in total. The van der Waals surface area contributed by atoms with E-state index in [9.17, 15) is 8.78 Å². The molecule has 0 aliphatic heterocycles. The number of hydrogen-bond acceptors (Lipinski definition) is 3. The third-order valence-corrected chi connectivity index (χ3v) is 2.17. The monoisotopic (exact) mass is 231 g/mol. The third-order valence-electron chi connectivity index (χ3n) is 2.17. The molecule has 0 aliphatic rings. The Morgan fingerprint density at radius 2 is 1.88 bits per heavy atom. The Hall–Kier alpha value is -1.52. The quantitative estimate of drug-likeness (QED) is 0.845. The summed E-state index contributed by atoms with van der Waals surface area (Å²) in [6, 6.07) is 4.04. The van der Waals surface area contributed by atoms with Crippen molar-refractivity contribution in [2.45, 2.75) is 19.4 Å². The van der Waals surface area contributed by atoms with E-state index in [2.05, 4.69) is 5.32 Å². The normalized spacial score (nSPS) is 12.4. The van der Waals surface area contributed by atoms with E-state index in [4.69, 9.17) is 9.47 Å². The fourth-order valence-corrected chi connectivity index (χ4v) is 1.23. The van der Waals surface area contributed by atoms with Crippen molar-refractivity contribution in [3.05, 3.63) is 18.2 Å². The van der Waals surface area contributed by atoms with Gasteiger partial charge in [-0.2, -0.15) is 0 Å². The highest BCUT2D eigenvalue weighted by Crippen LogP contribution is 2.29. The number of anilines is 1. The van der Waals surface area contributed by atoms with Gasteiger partial charge in [0.15, 0.2) is 0 Å². The number of rotatable bonds is 5. The van der Waals surface area contributed by atoms with Crippen LogP contribution in [-0.2, 0) is 0 Å². The molecule has 0 saturated carbocycles. The van der Waals surface area contributed by atoms with Gasteiger partial charge in [-0.25, -0.2) is 8.78 Å². The number of alkyl halides is 2. The van der Waals surface area contributed by atoms with Crippen LogP contribution in [-0.4, -0.2) is 26.7 Å². The number of nitrogens with one attached hydrogen (secondary N) is 1. The molecule has 16 heavy (non-hydrogen) atoms. The summed E-state index contributed by atoms with van der Waals surface area (Å²) < 4.78 is 34.8. The van der Waals surface area contributed by atoms with Crippen molar-refractivity contribution in [3.63, 3.8) is 0 Å². The molecule has 0 aliphatic carbocycles. The Bertz CT molecular complexity index is 345. The van der Waals surface area contributed by atoms with Crippen LogP contribution < -0.4 is 14.8 Å². The summed E-state index contributed by atoms with van der Waals surface area (Å²) in [7, 11) is 3.01. The van der Waals surface area contributed by atoms with Crippen molar-refractivity contribution in [1.29, 1.82) is 0 Å². The second-order valence-corrected chi connectivity index (χ2v) is 3.33. The zero-order valence-corrected chi connectivity index (χ0v) is 9.46. The van der Waals surface area contributed by atoms with E-state index >= 15 is 0 Å². The number of ether oxygens (including phenoxy) is 2. The van der Waals surface area contributed by atoms with Crippen molar-refractivity contribution < 1.29 is 18.3 Å². The van der Waals surface area contributed by atoms with Gasteiger partial charge in [-0.1, -0.05) is 0 Å². The largest absolute Gasteiger partial charge is 0.497 e. The Kier molecular flexibility index (Phi) is 4.34. The summed E-state index contributed by atoms with van der Waals surface area (Å²) in [5, 5.41) is 2.68. The second-order valence-electron chi connectivity index (χ2n) is 3.33. The molecule has 1 aromatic carbocycles. The average Bonchev–Trinajstić information content (AvgIpc) is 2.29. The van der Waals surface area contributed by atoms with Gasteiger partial charge in [-0.05, 0) is 19.1 Å². The highest BCUT2D eigenvalue weighted by molar-refractivity contribution is 5.59. The summed E-state index contributed by atoms with van der Waals surface area (Å²) in [5.41, 5.74) is 0.524. The highest BCUT2D eigenvalue weighted by atomic mass is 19.3. The third kappa shape index (κ3) is 2.98. The molecule has 0 bridgehead atoms. The van der Waals surface area contributed by atoms with Crippen LogP contribution in [0, 0.1) is 0 Å². The molecular formula is C11H15F2NO2. The fraction of sp³-hybridized carbons (Fsp3) is 0.455. The number of hydrogen-bond donors (Lipinski definition) is 1. The molecule has 0 fully saturated rings. The van der Waals surface area contributed by atoms with Crippen molar-refractivity contribution in [1.82, 2.24) is 0 Å². The van der Waals surface area contributed by atoms with Gasteiger partial charge in [0.2, 0.25) is 0 Å². The molecule has 1 N–H and O–H groups in total. The maximum Gasteiger partial charge on any atom is 0.258 e. The Morgan fingerprint density at radius 1 is 1.19 bits per heavy atom. The zero-order chi connectivity index (χ0) is 12.1. The van der Waals surface area contributed by atoms with Crippen LogP contribution in [0.1, 0.15) is 6.92 Å². The maximum absolute atomic E-state index is 12.4. The van der Waals surface area contributed by atoms with E-state index in [0.29, 0.717) is 17.2 Å². The van der Waals surface area contributed by atoms with Crippen LogP contribution >= 0.6 is 0 Å². The SMILES string of the molecule is COc1ccc(NC(C)C(F)F)c(OC)c1. The van der Waals surface area contributed by atoms with Crippen molar-refractivity contribution in [2.75, 3.05) is 19.5 Å². The number of methoxy groups -OCH3 is 2. The first-order chi connectivity index (χ1) is 7.58. The Morgan fingerprint density at radius 3 is 2.38 bits per heavy atom. The molecule has 1 aromatic rings. The van der Waals surface area contributed by atoms with Gasteiger partial charge in [0, 0.05) is 6.07 Å². The number of halogens is 2. The first-order valence-electron chi connectivity index (χ1n) is 4.85. The van der Waals surface area contributed by atoms with E-state index in [1.165, 1.54) is 21.1 Å². The van der Waals surface area contributed by atoms with Gasteiger partial charge >= 0.3 is 0 Å². The smallest absolute Gasteiger partial charge is 0.258 e. The van der Waals surface area contributed by atoms with Crippen LogP contribution in [0.3, 0.4) is 0 Å². The summed E-state index contributed by atoms with van der Waals surface area (Å²) >= 11 is 0. The van der Waals surface area contributed by atoms with Gasteiger partial charge in [-0.15, -0.1) is 0 Å². The lowest BCUT2D eigenvalue weighted by Gasteiger charge is -2.17. The van der Waals surface area contributed by atoms with Gasteiger partial charge in [0.05, 0.1) is 25.9 Å². The molecule has 0 aromatic heterocycles. The minimum Gasteiger partial charge on any atom is -0.497 e. The van der Waals surface area contributed by atoms with E-state index < -0.39 is 12.5 Å². The lowest BCUT2D eigenvalue weighted by atomic mass is 10.2. The molecule has 5 heteroatoms. The van der Waals surface area contributed by atoms with Crippen LogP contribution in [0.5, 0.6) is 11.5 Å². The maximum atomic E-state index is 12.4. The van der Waals surface area contributed by atoms with E-state index in [-0.39, 0.29) is 0 Å². The van der Waals surface area contributed by atoms with Gasteiger partial charge in [0.25, 0.3) is 6.43 Å². The van der Waals surface area contributed by atoms with E-state index in [1.54, 1.807) is 18.2 Å². The molecular weight excluding hydrogens is 216 g/mol. The van der Waals surface area contributed by atoms with Crippen molar-refractivity contribution in [2.24, 2.45) is 0 Å². The lowest BCUT2D eigenvalue weighted by molar-refractivity contribution is 0.130. The minimum absolute atomic E-state index is 0.479. The fourth-order valence-electron chi connectivity index (χ4n) is 1.23. The molecule has 1 atom stereocenters. The highest BCUT2D eigenvalue weighted by Gasteiger charge is 2.16. The molecule has 0 spiro atoms. The standard InChI is InChI=1S/C11H15F2NO2/c1-7(11(12)13)14-9-5-4-8(15-2)6-10(9)16-3/h4-7,11,14H,1-3H3. The topological polar surface area (TPSA) is 30.5 Å². The molecule has 1 rings (SSSR count). The van der Waals surface area contributed by atoms with Crippen LogP contribution in [0.2, 0.25) is 0 Å². The number of benzene rings is 1. The van der Waals surface area contributed by atoms with Crippen molar-refractivity contribution >= 4 is 5.69 Å². The average molecular weight is 231 g/mol. The van der Waals surface area contributed by atoms with Gasteiger partial charge in [0.1, 0.15) is 11.5 Å². The van der Waals surface area contributed by atoms with Crippen LogP contribution in [0.15, 0.2) is 18.2 Å².